The summed E-state index contributed by atoms with van der Waals surface area (Å²) in [5.41, 5.74) is 7.52. The third kappa shape index (κ3) is 3.17. The Morgan fingerprint density at radius 1 is 1.17 bits per heavy atom. The van der Waals surface area contributed by atoms with E-state index in [2.05, 4.69) is 0 Å². The van der Waals surface area contributed by atoms with Crippen LogP contribution in [0.25, 0.3) is 11.1 Å². The number of hydrogen-bond acceptors (Lipinski definition) is 3. The molecule has 1 heterocycles. The number of fused-ring (bicyclic) bond motifs is 1. The van der Waals surface area contributed by atoms with E-state index >= 15 is 0 Å². The van der Waals surface area contributed by atoms with Crippen molar-refractivity contribution in [1.82, 2.24) is 0 Å². The van der Waals surface area contributed by atoms with E-state index in [0.29, 0.717) is 22.4 Å². The summed E-state index contributed by atoms with van der Waals surface area (Å²) < 4.78 is 11.2. The average Bonchev–Trinajstić information content (AvgIpc) is 2.52. The molecule has 2 N–H and O–H groups in total. The predicted octanol–water partition coefficient (Wildman–Crippen LogP) is 5.22. The summed E-state index contributed by atoms with van der Waals surface area (Å²) in [6.45, 7) is 4.36. The fourth-order valence-electron chi connectivity index (χ4n) is 2.83. The first-order valence-corrected chi connectivity index (χ1v) is 8.22. The van der Waals surface area contributed by atoms with Crippen LogP contribution in [-0.2, 0) is 4.74 Å². The van der Waals surface area contributed by atoms with E-state index in [1.54, 1.807) is 12.1 Å². The molecular weight excluding hydrogens is 349 g/mol. The van der Waals surface area contributed by atoms with Crippen LogP contribution >= 0.6 is 23.2 Å². The van der Waals surface area contributed by atoms with Crippen LogP contribution in [0.4, 0.5) is 4.79 Å². The van der Waals surface area contributed by atoms with Gasteiger partial charge in [-0.15, -0.1) is 0 Å². The number of ether oxygens (including phenoxy) is 2. The van der Waals surface area contributed by atoms with Crippen LogP contribution in [-0.4, -0.2) is 12.7 Å². The van der Waals surface area contributed by atoms with Crippen molar-refractivity contribution < 1.29 is 14.3 Å². The molecule has 1 unspecified atom stereocenters. The molecule has 0 aliphatic carbocycles. The molecule has 3 rings (SSSR count). The monoisotopic (exact) mass is 365 g/mol. The minimum absolute atomic E-state index is 0.368. The highest BCUT2D eigenvalue weighted by molar-refractivity contribution is 6.42. The highest BCUT2D eigenvalue weighted by atomic mass is 35.5. The van der Waals surface area contributed by atoms with Crippen LogP contribution in [0.5, 0.6) is 5.75 Å². The van der Waals surface area contributed by atoms with Gasteiger partial charge < -0.3 is 15.2 Å². The Hall–Kier alpha value is -1.91. The molecule has 0 saturated carbocycles. The van der Waals surface area contributed by atoms with Gasteiger partial charge in [0.1, 0.15) is 11.9 Å². The van der Waals surface area contributed by atoms with Gasteiger partial charge >= 0.3 is 6.09 Å². The van der Waals surface area contributed by atoms with E-state index in [9.17, 15) is 4.79 Å². The maximum Gasteiger partial charge on any atom is 0.405 e. The van der Waals surface area contributed by atoms with Gasteiger partial charge in [0.15, 0.2) is 0 Å². The van der Waals surface area contributed by atoms with Crippen LogP contribution in [0.15, 0.2) is 36.4 Å². The normalized spacial score (nSPS) is 18.4. The van der Waals surface area contributed by atoms with Crippen molar-refractivity contribution in [3.63, 3.8) is 0 Å². The number of primary amides is 1. The van der Waals surface area contributed by atoms with Crippen molar-refractivity contribution in [2.75, 3.05) is 6.61 Å². The summed E-state index contributed by atoms with van der Waals surface area (Å²) in [4.78, 5) is 11.3. The minimum atomic E-state index is -0.797. The van der Waals surface area contributed by atoms with E-state index < -0.39 is 12.2 Å². The van der Waals surface area contributed by atoms with E-state index in [1.165, 1.54) is 0 Å². The molecule has 2 aromatic carbocycles. The average molecular weight is 366 g/mol. The van der Waals surface area contributed by atoms with Gasteiger partial charge in [0.2, 0.25) is 0 Å². The van der Waals surface area contributed by atoms with Gasteiger partial charge in [0, 0.05) is 11.0 Å². The molecule has 0 spiro atoms. The van der Waals surface area contributed by atoms with Crippen LogP contribution in [0.1, 0.15) is 25.5 Å². The molecule has 24 heavy (non-hydrogen) atoms. The molecule has 6 heteroatoms. The summed E-state index contributed by atoms with van der Waals surface area (Å²) in [5, 5.41) is 0.996. The number of carbonyl (C=O) groups excluding carboxylic acids is 1. The highest BCUT2D eigenvalue weighted by Crippen LogP contribution is 2.46. The Balaban J connectivity index is 2.02. The number of nitrogens with two attached hydrogens (primary N) is 1. The topological polar surface area (TPSA) is 61.6 Å². The molecule has 4 nitrogen and oxygen atoms in total. The fourth-order valence-corrected chi connectivity index (χ4v) is 3.13. The molecule has 1 amide bonds. The van der Waals surface area contributed by atoms with E-state index in [0.717, 1.165) is 16.7 Å². The van der Waals surface area contributed by atoms with Crippen LogP contribution < -0.4 is 10.5 Å². The third-order valence-corrected chi connectivity index (χ3v) is 4.83. The van der Waals surface area contributed by atoms with Gasteiger partial charge in [-0.3, -0.25) is 0 Å². The summed E-state index contributed by atoms with van der Waals surface area (Å²) in [6, 6.07) is 11.2. The second-order valence-electron chi connectivity index (χ2n) is 6.48. The predicted molar refractivity (Wildman–Crippen MR) is 94.6 cm³/mol. The van der Waals surface area contributed by atoms with E-state index in [1.807, 2.05) is 38.1 Å². The van der Waals surface area contributed by atoms with Crippen LogP contribution in [0, 0.1) is 5.41 Å². The SMILES string of the molecule is CC1(C)COc2cc(-c3ccc(Cl)c(Cl)c3)ccc2C1OC(N)=O. The summed E-state index contributed by atoms with van der Waals surface area (Å²) >= 11 is 12.1. The third-order valence-electron chi connectivity index (χ3n) is 4.09. The lowest BCUT2D eigenvalue weighted by molar-refractivity contribution is -0.0176. The van der Waals surface area contributed by atoms with E-state index in [4.69, 9.17) is 38.4 Å². The highest BCUT2D eigenvalue weighted by Gasteiger charge is 2.40. The molecule has 1 aliphatic rings. The molecule has 0 fully saturated rings. The Kier molecular flexibility index (Phi) is 4.37. The lowest BCUT2D eigenvalue weighted by Crippen LogP contribution is -2.37. The Morgan fingerprint density at radius 3 is 2.50 bits per heavy atom. The molecule has 1 atom stereocenters. The minimum Gasteiger partial charge on any atom is -0.492 e. The van der Waals surface area contributed by atoms with Crippen molar-refractivity contribution in [1.29, 1.82) is 0 Å². The van der Waals surface area contributed by atoms with Crippen molar-refractivity contribution in [2.24, 2.45) is 11.1 Å². The lowest BCUT2D eigenvalue weighted by Gasteiger charge is -2.38. The maximum atomic E-state index is 11.3. The quantitative estimate of drug-likeness (QED) is 0.793. The molecule has 2 aromatic rings. The first-order chi connectivity index (χ1) is 11.3. The lowest BCUT2D eigenvalue weighted by atomic mass is 9.80. The first kappa shape index (κ1) is 16.9. The molecule has 0 aromatic heterocycles. The summed E-state index contributed by atoms with van der Waals surface area (Å²) in [6.07, 6.45) is -1.25. The van der Waals surface area contributed by atoms with Crippen molar-refractivity contribution in [2.45, 2.75) is 20.0 Å². The zero-order chi connectivity index (χ0) is 17.5. The molecule has 0 bridgehead atoms. The van der Waals surface area contributed by atoms with Gasteiger partial charge in [-0.2, -0.15) is 0 Å². The molecule has 0 radical (unpaired) electrons. The summed E-state index contributed by atoms with van der Waals surface area (Å²) in [5.74, 6) is 0.671. The number of halogens is 2. The molecule has 0 saturated heterocycles. The zero-order valence-electron chi connectivity index (χ0n) is 13.3. The van der Waals surface area contributed by atoms with Gasteiger partial charge in [0.05, 0.1) is 16.7 Å². The largest absolute Gasteiger partial charge is 0.492 e. The van der Waals surface area contributed by atoms with Crippen molar-refractivity contribution in [3.8, 4) is 16.9 Å². The number of carbonyl (C=O) groups is 1. The smallest absolute Gasteiger partial charge is 0.405 e. The number of rotatable bonds is 2. The number of amides is 1. The van der Waals surface area contributed by atoms with Crippen molar-refractivity contribution in [3.05, 3.63) is 52.0 Å². The van der Waals surface area contributed by atoms with Gasteiger partial charge in [-0.05, 0) is 29.3 Å². The van der Waals surface area contributed by atoms with Crippen molar-refractivity contribution >= 4 is 29.3 Å². The van der Waals surface area contributed by atoms with Gasteiger partial charge in [-0.1, -0.05) is 55.2 Å². The maximum absolute atomic E-state index is 11.3. The second kappa shape index (κ2) is 6.19. The fraction of sp³-hybridized carbons (Fsp3) is 0.278. The first-order valence-electron chi connectivity index (χ1n) is 7.46. The van der Waals surface area contributed by atoms with Gasteiger partial charge in [-0.25, -0.2) is 4.79 Å². The second-order valence-corrected chi connectivity index (χ2v) is 7.29. The standard InChI is InChI=1S/C18H17Cl2NO3/c1-18(2)9-23-15-8-11(10-4-6-13(19)14(20)7-10)3-5-12(15)16(18)24-17(21)22/h3-8,16H,9H2,1-2H3,(H2,21,22). The van der Waals surface area contributed by atoms with E-state index in [-0.39, 0.29) is 5.41 Å². The number of benzene rings is 2. The zero-order valence-corrected chi connectivity index (χ0v) is 14.8. The molecule has 1 aliphatic heterocycles. The molecular formula is C18H17Cl2NO3. The Labute approximate surface area is 150 Å². The summed E-state index contributed by atoms with van der Waals surface area (Å²) in [7, 11) is 0. The van der Waals surface area contributed by atoms with Gasteiger partial charge in [0.25, 0.3) is 0 Å². The Bertz CT molecular complexity index is 805. The van der Waals surface area contributed by atoms with Crippen LogP contribution in [0.3, 0.4) is 0 Å². The Morgan fingerprint density at radius 2 is 1.83 bits per heavy atom. The van der Waals surface area contributed by atoms with Crippen LogP contribution in [0.2, 0.25) is 10.0 Å². The number of hydrogen-bond donors (Lipinski definition) is 1. The molecule has 126 valence electrons.